The third kappa shape index (κ3) is 7.98. The van der Waals surface area contributed by atoms with Crippen LogP contribution >= 0.6 is 0 Å². The van der Waals surface area contributed by atoms with Crippen molar-refractivity contribution in [1.82, 2.24) is 15.2 Å². The first-order valence-corrected chi connectivity index (χ1v) is 16.3. The van der Waals surface area contributed by atoms with Gasteiger partial charge >= 0.3 is 0 Å². The molecule has 6 rings (SSSR count). The average Bonchev–Trinajstić information content (AvgIpc) is 3.66. The number of rotatable bonds is 12. The van der Waals surface area contributed by atoms with Gasteiger partial charge in [-0.15, -0.1) is 6.58 Å². The molecule has 0 radical (unpaired) electrons. The number of hydrogen-bond donors (Lipinski definition) is 2. The van der Waals surface area contributed by atoms with Gasteiger partial charge in [-0.1, -0.05) is 85.6 Å². The Morgan fingerprint density at radius 1 is 0.935 bits per heavy atom. The molecule has 7 nitrogen and oxygen atoms in total. The van der Waals surface area contributed by atoms with Crippen molar-refractivity contribution in [1.29, 1.82) is 0 Å². The van der Waals surface area contributed by atoms with Gasteiger partial charge in [-0.3, -0.25) is 14.7 Å². The summed E-state index contributed by atoms with van der Waals surface area (Å²) in [5.74, 6) is -0.146. The van der Waals surface area contributed by atoms with Crippen LogP contribution in [0, 0.1) is 0 Å². The van der Waals surface area contributed by atoms with Crippen molar-refractivity contribution in [2.24, 2.45) is 0 Å². The van der Waals surface area contributed by atoms with Crippen LogP contribution in [0.4, 0.5) is 0 Å². The first-order valence-electron chi connectivity index (χ1n) is 16.3. The van der Waals surface area contributed by atoms with Gasteiger partial charge in [-0.05, 0) is 58.9 Å². The number of nitrogens with one attached hydrogen (secondary N) is 1. The molecule has 7 heteroatoms. The summed E-state index contributed by atoms with van der Waals surface area (Å²) in [6, 6.07) is 28.7. The molecule has 3 aromatic carbocycles. The Balaban J connectivity index is 1.17. The number of nitrogens with zero attached hydrogens (tertiary/aromatic N) is 2. The van der Waals surface area contributed by atoms with Crippen LogP contribution in [-0.2, 0) is 22.6 Å². The Morgan fingerprint density at radius 3 is 2.43 bits per heavy atom. The minimum Gasteiger partial charge on any atom is -0.392 e. The molecule has 1 saturated heterocycles. The zero-order valence-electron chi connectivity index (χ0n) is 26.3. The van der Waals surface area contributed by atoms with E-state index >= 15 is 0 Å². The molecule has 2 N–H and O–H groups in total. The Morgan fingerprint density at radius 2 is 1.72 bits per heavy atom. The van der Waals surface area contributed by atoms with Crippen molar-refractivity contribution in [3.05, 3.63) is 138 Å². The largest absolute Gasteiger partial charge is 0.392 e. The molecule has 1 saturated carbocycles. The quantitative estimate of drug-likeness (QED) is 0.164. The van der Waals surface area contributed by atoms with E-state index in [0.717, 1.165) is 52.9 Å². The molecule has 4 aromatic rings. The third-order valence-electron chi connectivity index (χ3n) is 9.08. The van der Waals surface area contributed by atoms with Crippen LogP contribution in [0.25, 0.3) is 11.1 Å². The predicted octanol–water partition coefficient (Wildman–Crippen LogP) is 7.15. The van der Waals surface area contributed by atoms with Gasteiger partial charge in [0.25, 0.3) is 5.91 Å². The predicted molar refractivity (Wildman–Crippen MR) is 180 cm³/mol. The first-order chi connectivity index (χ1) is 22.6. The SMILES string of the molecule is C=CCN(C[C@H]1C[C@@H](c2ccc(CO)cc2)O[C@@H](c2ccc(-c3cccc(CNC(=O)c4cccnc4)c3)cc2)O1)C1CCCC1. The number of benzene rings is 3. The van der Waals surface area contributed by atoms with Gasteiger partial charge in [0.05, 0.1) is 24.4 Å². The number of aliphatic hydroxyl groups is 1. The highest BCUT2D eigenvalue weighted by molar-refractivity contribution is 5.93. The smallest absolute Gasteiger partial charge is 0.253 e. The van der Waals surface area contributed by atoms with Crippen LogP contribution in [0.5, 0.6) is 0 Å². The number of carbonyl (C=O) groups is 1. The van der Waals surface area contributed by atoms with Gasteiger partial charge in [0.1, 0.15) is 0 Å². The zero-order chi connectivity index (χ0) is 31.7. The Bertz CT molecular complexity index is 1570. The Kier molecular flexibility index (Phi) is 10.7. The molecule has 1 aliphatic carbocycles. The highest BCUT2D eigenvalue weighted by atomic mass is 16.7. The number of carbonyl (C=O) groups excluding carboxylic acids is 1. The van der Waals surface area contributed by atoms with Crippen LogP contribution in [-0.4, -0.2) is 46.1 Å². The Hall–Kier alpha value is -4.14. The van der Waals surface area contributed by atoms with E-state index in [1.165, 1.54) is 25.7 Å². The van der Waals surface area contributed by atoms with E-state index in [1.807, 2.05) is 30.3 Å². The standard InChI is InChI=1S/C39H43N3O4/c1-2-21-42(35-10-3-4-11-35)26-36-23-37(31-14-12-28(27-43)13-15-31)46-39(45-36)32-18-16-30(17-19-32)33-8-5-7-29(22-33)24-41-38(44)34-9-6-20-40-25-34/h2,5-9,12-20,22,25,35-37,39,43H,1,3-4,10-11,21,23-24,26-27H2,(H,41,44)/t36-,37+,39+/m1/s1. The first kappa shape index (κ1) is 31.8. The van der Waals surface area contributed by atoms with Gasteiger partial charge in [-0.25, -0.2) is 0 Å². The molecule has 1 aromatic heterocycles. The van der Waals surface area contributed by atoms with Crippen LogP contribution in [0.1, 0.15) is 77.1 Å². The molecule has 3 atom stereocenters. The highest BCUT2D eigenvalue weighted by Gasteiger charge is 2.34. The molecule has 0 bridgehead atoms. The fraction of sp³-hybridized carbons (Fsp3) is 0.333. The molecule has 2 aliphatic rings. The zero-order valence-corrected chi connectivity index (χ0v) is 26.3. The van der Waals surface area contributed by atoms with Crippen LogP contribution < -0.4 is 5.32 Å². The normalized spacial score (nSPS) is 20.1. The van der Waals surface area contributed by atoms with E-state index in [2.05, 4.69) is 70.3 Å². The summed E-state index contributed by atoms with van der Waals surface area (Å²) in [5, 5.41) is 12.5. The van der Waals surface area contributed by atoms with Crippen LogP contribution in [0.2, 0.25) is 0 Å². The lowest BCUT2D eigenvalue weighted by atomic mass is 9.98. The van der Waals surface area contributed by atoms with Gasteiger partial charge < -0.3 is 19.9 Å². The highest BCUT2D eigenvalue weighted by Crippen LogP contribution is 2.39. The van der Waals surface area contributed by atoms with Crippen LogP contribution in [0.15, 0.2) is 110 Å². The molecule has 238 valence electrons. The summed E-state index contributed by atoms with van der Waals surface area (Å²) in [5.41, 5.74) is 6.66. The summed E-state index contributed by atoms with van der Waals surface area (Å²) in [6.45, 7) is 6.17. The van der Waals surface area contributed by atoms with E-state index in [9.17, 15) is 9.90 Å². The van der Waals surface area contributed by atoms with Crippen molar-refractivity contribution in [3.8, 4) is 11.1 Å². The van der Waals surface area contributed by atoms with Crippen molar-refractivity contribution in [2.75, 3.05) is 13.1 Å². The maximum absolute atomic E-state index is 12.5. The molecule has 2 fully saturated rings. The number of aliphatic hydroxyl groups excluding tert-OH is 1. The molecule has 1 aliphatic heterocycles. The second kappa shape index (κ2) is 15.4. The van der Waals surface area contributed by atoms with Crippen molar-refractivity contribution in [3.63, 3.8) is 0 Å². The van der Waals surface area contributed by atoms with Crippen molar-refractivity contribution >= 4 is 5.91 Å². The average molecular weight is 618 g/mol. The van der Waals surface area contributed by atoms with Gasteiger partial charge in [0.2, 0.25) is 0 Å². The maximum Gasteiger partial charge on any atom is 0.253 e. The monoisotopic (exact) mass is 617 g/mol. The fourth-order valence-electron chi connectivity index (χ4n) is 6.58. The molecule has 0 unspecified atom stereocenters. The Labute approximate surface area is 271 Å². The number of ether oxygens (including phenoxy) is 2. The lowest BCUT2D eigenvalue weighted by molar-refractivity contribution is -0.253. The molecule has 46 heavy (non-hydrogen) atoms. The minimum atomic E-state index is -0.501. The van der Waals surface area contributed by atoms with Crippen LogP contribution in [0.3, 0.4) is 0 Å². The number of pyridine rings is 1. The molecule has 2 heterocycles. The summed E-state index contributed by atoms with van der Waals surface area (Å²) in [4.78, 5) is 19.1. The lowest BCUT2D eigenvalue weighted by Crippen LogP contribution is -2.43. The van der Waals surface area contributed by atoms with Crippen molar-refractivity contribution in [2.45, 2.75) is 69.8 Å². The van der Waals surface area contributed by atoms with Gasteiger partial charge in [0, 0.05) is 50.1 Å². The van der Waals surface area contributed by atoms with Crippen molar-refractivity contribution < 1.29 is 19.4 Å². The van der Waals surface area contributed by atoms with E-state index in [4.69, 9.17) is 9.47 Å². The molecular weight excluding hydrogens is 574 g/mol. The molecule has 0 spiro atoms. The topological polar surface area (TPSA) is 83.9 Å². The summed E-state index contributed by atoms with van der Waals surface area (Å²) < 4.78 is 13.3. The van der Waals surface area contributed by atoms with E-state index in [1.54, 1.807) is 24.5 Å². The van der Waals surface area contributed by atoms with Gasteiger partial charge in [-0.2, -0.15) is 0 Å². The minimum absolute atomic E-state index is 0.0000501. The molecule has 1 amide bonds. The fourth-order valence-corrected chi connectivity index (χ4v) is 6.58. The molecular formula is C39H43N3O4. The van der Waals surface area contributed by atoms with E-state index in [0.29, 0.717) is 18.2 Å². The number of hydrogen-bond acceptors (Lipinski definition) is 6. The second-order valence-corrected chi connectivity index (χ2v) is 12.3. The van der Waals surface area contributed by atoms with E-state index in [-0.39, 0.29) is 24.7 Å². The lowest BCUT2D eigenvalue weighted by Gasteiger charge is -2.39. The summed E-state index contributed by atoms with van der Waals surface area (Å²) in [6.07, 6.45) is 10.4. The second-order valence-electron chi connectivity index (χ2n) is 12.3. The number of aromatic nitrogens is 1. The maximum atomic E-state index is 12.5. The number of amides is 1. The van der Waals surface area contributed by atoms with E-state index < -0.39 is 6.29 Å². The summed E-state index contributed by atoms with van der Waals surface area (Å²) >= 11 is 0. The third-order valence-corrected chi connectivity index (χ3v) is 9.08. The van der Waals surface area contributed by atoms with Gasteiger partial charge in [0.15, 0.2) is 6.29 Å². The summed E-state index contributed by atoms with van der Waals surface area (Å²) in [7, 11) is 0.